The van der Waals surface area contributed by atoms with Gasteiger partial charge in [-0.05, 0) is 37.3 Å². The van der Waals surface area contributed by atoms with Gasteiger partial charge in [-0.2, -0.15) is 0 Å². The Labute approximate surface area is 105 Å². The van der Waals surface area contributed by atoms with Crippen molar-refractivity contribution in [1.29, 1.82) is 0 Å². The van der Waals surface area contributed by atoms with Crippen LogP contribution in [0.25, 0.3) is 10.2 Å². The maximum atomic E-state index is 6.05. The minimum atomic E-state index is 0.822. The van der Waals surface area contributed by atoms with Gasteiger partial charge in [0, 0.05) is 6.54 Å². The van der Waals surface area contributed by atoms with Gasteiger partial charge < -0.3 is 11.1 Å². The van der Waals surface area contributed by atoms with Crippen molar-refractivity contribution >= 4 is 32.9 Å². The second-order valence-electron chi connectivity index (χ2n) is 4.99. The van der Waals surface area contributed by atoms with E-state index in [-0.39, 0.29) is 0 Å². The summed E-state index contributed by atoms with van der Waals surface area (Å²) in [6.07, 6.45) is 1.34. The number of rotatable bonds is 3. The van der Waals surface area contributed by atoms with Crippen LogP contribution in [0, 0.1) is 18.8 Å². The number of thiazole rings is 1. The van der Waals surface area contributed by atoms with Gasteiger partial charge in [-0.25, -0.2) is 4.98 Å². The van der Waals surface area contributed by atoms with Gasteiger partial charge in [0.2, 0.25) is 0 Å². The first-order valence-corrected chi connectivity index (χ1v) is 6.85. The third-order valence-electron chi connectivity index (χ3n) is 3.50. The lowest BCUT2D eigenvalue weighted by atomic mass is 10.2. The number of nitrogen functional groups attached to an aromatic ring is 1. The first-order valence-electron chi connectivity index (χ1n) is 6.04. The van der Waals surface area contributed by atoms with Crippen LogP contribution in [0.1, 0.15) is 18.4 Å². The molecule has 1 aromatic heterocycles. The molecular weight excluding hydrogens is 230 g/mol. The Kier molecular flexibility index (Phi) is 2.47. The first kappa shape index (κ1) is 10.8. The Bertz CT molecular complexity index is 561. The molecule has 1 fully saturated rings. The summed E-state index contributed by atoms with van der Waals surface area (Å²) in [6, 6.07) is 4.10. The maximum Gasteiger partial charge on any atom is 0.0907 e. The van der Waals surface area contributed by atoms with E-state index >= 15 is 0 Å². The molecular formula is C13H17N3S. The number of fused-ring (bicyclic) bond motifs is 1. The van der Waals surface area contributed by atoms with Crippen molar-refractivity contribution in [1.82, 2.24) is 4.98 Å². The molecule has 1 aromatic carbocycles. The molecule has 90 valence electrons. The number of benzene rings is 1. The van der Waals surface area contributed by atoms with E-state index in [0.717, 1.165) is 40.3 Å². The van der Waals surface area contributed by atoms with E-state index in [9.17, 15) is 0 Å². The van der Waals surface area contributed by atoms with Crippen molar-refractivity contribution in [2.24, 2.45) is 11.8 Å². The quantitative estimate of drug-likeness (QED) is 0.819. The van der Waals surface area contributed by atoms with Gasteiger partial charge in [-0.3, -0.25) is 0 Å². The average molecular weight is 247 g/mol. The highest BCUT2D eigenvalue weighted by Gasteiger charge is 2.31. The van der Waals surface area contributed by atoms with E-state index in [1.165, 1.54) is 11.1 Å². The normalized spacial score (nSPS) is 22.9. The van der Waals surface area contributed by atoms with E-state index in [1.54, 1.807) is 11.3 Å². The number of hydrogen-bond acceptors (Lipinski definition) is 4. The number of aryl methyl sites for hydroxylation is 1. The molecule has 0 radical (unpaired) electrons. The molecule has 0 spiro atoms. The minimum absolute atomic E-state index is 0.822. The van der Waals surface area contributed by atoms with Crippen LogP contribution >= 0.6 is 11.3 Å². The lowest BCUT2D eigenvalue weighted by molar-refractivity contribution is 0.787. The third kappa shape index (κ3) is 2.09. The van der Waals surface area contributed by atoms with Crippen LogP contribution in [0.15, 0.2) is 12.1 Å². The van der Waals surface area contributed by atoms with Crippen molar-refractivity contribution in [2.75, 3.05) is 17.6 Å². The van der Waals surface area contributed by atoms with Crippen LogP contribution in [-0.2, 0) is 0 Å². The maximum absolute atomic E-state index is 6.05. The lowest BCUT2D eigenvalue weighted by Crippen LogP contribution is -2.06. The van der Waals surface area contributed by atoms with Crippen LogP contribution in [0.5, 0.6) is 0 Å². The van der Waals surface area contributed by atoms with Crippen molar-refractivity contribution in [2.45, 2.75) is 20.3 Å². The second-order valence-corrected chi connectivity index (χ2v) is 6.23. The van der Waals surface area contributed by atoms with Gasteiger partial charge in [0.25, 0.3) is 0 Å². The fourth-order valence-electron chi connectivity index (χ4n) is 2.18. The van der Waals surface area contributed by atoms with Gasteiger partial charge in [0.15, 0.2) is 0 Å². The van der Waals surface area contributed by atoms with Gasteiger partial charge in [0.1, 0.15) is 0 Å². The van der Waals surface area contributed by atoms with E-state index in [2.05, 4.69) is 23.3 Å². The zero-order valence-electron chi connectivity index (χ0n) is 10.2. The summed E-state index contributed by atoms with van der Waals surface area (Å²) in [6.45, 7) is 5.35. The number of aromatic nitrogens is 1. The first-order chi connectivity index (χ1) is 8.13. The van der Waals surface area contributed by atoms with Crippen molar-refractivity contribution in [3.05, 3.63) is 17.1 Å². The summed E-state index contributed by atoms with van der Waals surface area (Å²) in [5.41, 5.74) is 8.96. The molecule has 0 bridgehead atoms. The number of nitrogens with zero attached hydrogens (tertiary/aromatic N) is 1. The molecule has 17 heavy (non-hydrogen) atoms. The van der Waals surface area contributed by atoms with Crippen molar-refractivity contribution in [3.63, 3.8) is 0 Å². The highest BCUT2D eigenvalue weighted by Crippen LogP contribution is 2.38. The van der Waals surface area contributed by atoms with E-state index < -0.39 is 0 Å². The van der Waals surface area contributed by atoms with Crippen LogP contribution in [0.2, 0.25) is 0 Å². The molecule has 3 rings (SSSR count). The molecule has 2 unspecified atom stereocenters. The molecule has 0 aliphatic heterocycles. The summed E-state index contributed by atoms with van der Waals surface area (Å²) >= 11 is 1.69. The predicted molar refractivity (Wildman–Crippen MR) is 74.5 cm³/mol. The molecule has 1 aliphatic carbocycles. The molecule has 1 aliphatic rings. The Morgan fingerprint density at radius 3 is 3.00 bits per heavy atom. The van der Waals surface area contributed by atoms with E-state index in [1.807, 2.05) is 13.0 Å². The zero-order chi connectivity index (χ0) is 12.0. The summed E-state index contributed by atoms with van der Waals surface area (Å²) in [5, 5.41) is 4.54. The van der Waals surface area contributed by atoms with Gasteiger partial charge >= 0.3 is 0 Å². The van der Waals surface area contributed by atoms with Crippen LogP contribution < -0.4 is 11.1 Å². The number of hydrogen-bond donors (Lipinski definition) is 2. The fraction of sp³-hybridized carbons (Fsp3) is 0.462. The largest absolute Gasteiger partial charge is 0.397 e. The number of nitrogens with two attached hydrogens (primary N) is 1. The van der Waals surface area contributed by atoms with Crippen LogP contribution in [0.4, 0.5) is 11.4 Å². The Morgan fingerprint density at radius 1 is 1.53 bits per heavy atom. The predicted octanol–water partition coefficient (Wildman–Crippen LogP) is 3.25. The van der Waals surface area contributed by atoms with E-state index in [0.29, 0.717) is 0 Å². The second kappa shape index (κ2) is 3.88. The van der Waals surface area contributed by atoms with Gasteiger partial charge in [-0.15, -0.1) is 11.3 Å². The van der Waals surface area contributed by atoms with Crippen molar-refractivity contribution in [3.8, 4) is 0 Å². The lowest BCUT2D eigenvalue weighted by Gasteiger charge is -2.08. The highest BCUT2D eigenvalue weighted by molar-refractivity contribution is 7.18. The third-order valence-corrected chi connectivity index (χ3v) is 4.43. The van der Waals surface area contributed by atoms with E-state index in [4.69, 9.17) is 5.73 Å². The van der Waals surface area contributed by atoms with Gasteiger partial charge in [-0.1, -0.05) is 6.92 Å². The molecule has 4 heteroatoms. The van der Waals surface area contributed by atoms with Crippen LogP contribution in [0.3, 0.4) is 0 Å². The molecule has 1 heterocycles. The van der Waals surface area contributed by atoms with Crippen molar-refractivity contribution < 1.29 is 0 Å². The summed E-state index contributed by atoms with van der Waals surface area (Å²) in [4.78, 5) is 4.50. The molecule has 2 atom stereocenters. The highest BCUT2D eigenvalue weighted by atomic mass is 32.1. The Hall–Kier alpha value is -1.29. The Morgan fingerprint density at radius 2 is 2.29 bits per heavy atom. The molecule has 0 saturated heterocycles. The molecule has 0 amide bonds. The standard InChI is InChI=1S/C13H17N3S/c1-7-3-9(7)6-15-11-5-12-13(4-10(11)14)17-8(2)16-12/h4-5,7,9,15H,3,6,14H2,1-2H3. The minimum Gasteiger partial charge on any atom is -0.397 e. The molecule has 3 nitrogen and oxygen atoms in total. The van der Waals surface area contributed by atoms with Crippen LogP contribution in [-0.4, -0.2) is 11.5 Å². The molecule has 2 aromatic rings. The SMILES string of the molecule is Cc1nc2cc(NCC3CC3C)c(N)cc2s1. The van der Waals surface area contributed by atoms with Gasteiger partial charge in [0.05, 0.1) is 26.6 Å². The smallest absolute Gasteiger partial charge is 0.0907 e. The fourth-order valence-corrected chi connectivity index (χ4v) is 3.04. The topological polar surface area (TPSA) is 50.9 Å². The average Bonchev–Trinajstić information content (AvgIpc) is 2.84. The monoisotopic (exact) mass is 247 g/mol. The zero-order valence-corrected chi connectivity index (χ0v) is 11.0. The number of nitrogens with one attached hydrogen (secondary N) is 1. The summed E-state index contributed by atoms with van der Waals surface area (Å²) in [5.74, 6) is 1.69. The summed E-state index contributed by atoms with van der Waals surface area (Å²) < 4.78 is 1.17. The number of anilines is 2. The summed E-state index contributed by atoms with van der Waals surface area (Å²) in [7, 11) is 0. The Balaban J connectivity index is 1.84. The molecule has 3 N–H and O–H groups in total. The molecule has 1 saturated carbocycles.